The molecule has 2 atom stereocenters. The summed E-state index contributed by atoms with van der Waals surface area (Å²) in [6.45, 7) is 2.04. The molecule has 0 bridgehead atoms. The lowest BCUT2D eigenvalue weighted by atomic mass is 10.2. The smallest absolute Gasteiger partial charge is 0.407 e. The summed E-state index contributed by atoms with van der Waals surface area (Å²) in [4.78, 5) is 10.8. The third-order valence-corrected chi connectivity index (χ3v) is 3.77. The number of carbonyl (C=O) groups is 1. The summed E-state index contributed by atoms with van der Waals surface area (Å²) in [6.07, 6.45) is -0.897. The van der Waals surface area contributed by atoms with Gasteiger partial charge in [0.15, 0.2) is 0 Å². The van der Waals surface area contributed by atoms with Gasteiger partial charge in [-0.1, -0.05) is 30.3 Å². The monoisotopic (exact) mass is 285 g/mol. The molecule has 19 heavy (non-hydrogen) atoms. The van der Waals surface area contributed by atoms with Crippen molar-refractivity contribution in [3.8, 4) is 0 Å². The summed E-state index contributed by atoms with van der Waals surface area (Å²) in [7, 11) is -3.15. The SMILES string of the molecule is CP(=O)(OCc1ccccc1)OC[C@H]1CNC(=O)O1. The van der Waals surface area contributed by atoms with Crippen molar-refractivity contribution in [1.82, 2.24) is 5.32 Å². The Labute approximate surface area is 111 Å². The van der Waals surface area contributed by atoms with Gasteiger partial charge in [-0.3, -0.25) is 4.57 Å². The van der Waals surface area contributed by atoms with E-state index in [2.05, 4.69) is 5.32 Å². The van der Waals surface area contributed by atoms with Crippen LogP contribution in [0, 0.1) is 0 Å². The van der Waals surface area contributed by atoms with Gasteiger partial charge in [0.1, 0.15) is 6.10 Å². The molecule has 1 N–H and O–H groups in total. The number of amides is 1. The van der Waals surface area contributed by atoms with Crippen molar-refractivity contribution in [3.05, 3.63) is 35.9 Å². The number of ether oxygens (including phenoxy) is 1. The molecule has 1 unspecified atom stereocenters. The lowest BCUT2D eigenvalue weighted by Crippen LogP contribution is -2.19. The molecule has 1 aliphatic rings. The summed E-state index contributed by atoms with van der Waals surface area (Å²) in [6, 6.07) is 9.41. The van der Waals surface area contributed by atoms with Crippen LogP contribution in [0.1, 0.15) is 5.56 Å². The maximum absolute atomic E-state index is 12.0. The Morgan fingerprint density at radius 1 is 1.37 bits per heavy atom. The molecule has 0 spiro atoms. The van der Waals surface area contributed by atoms with Crippen molar-refractivity contribution in [2.45, 2.75) is 12.7 Å². The molecule has 0 aromatic heterocycles. The molecule has 2 rings (SSSR count). The number of cyclic esters (lactones) is 1. The predicted octanol–water partition coefficient (Wildman–Crippen LogP) is 2.15. The number of carbonyl (C=O) groups excluding carboxylic acids is 1. The Balaban J connectivity index is 1.75. The van der Waals surface area contributed by atoms with Gasteiger partial charge in [-0.05, 0) is 5.56 Å². The fourth-order valence-corrected chi connectivity index (χ4v) is 2.44. The highest BCUT2D eigenvalue weighted by Gasteiger charge is 2.26. The highest BCUT2D eigenvalue weighted by molar-refractivity contribution is 7.52. The minimum absolute atomic E-state index is 0.0569. The Kier molecular flexibility index (Phi) is 4.58. The van der Waals surface area contributed by atoms with Crippen LogP contribution in [0.5, 0.6) is 0 Å². The second-order valence-corrected chi connectivity index (χ2v) is 6.29. The van der Waals surface area contributed by atoms with E-state index in [1.807, 2.05) is 30.3 Å². The van der Waals surface area contributed by atoms with Crippen LogP contribution in [-0.4, -0.2) is 32.0 Å². The van der Waals surface area contributed by atoms with E-state index in [4.69, 9.17) is 13.8 Å². The summed E-state index contributed by atoms with van der Waals surface area (Å²) in [5, 5.41) is 2.49. The molecule has 1 fully saturated rings. The number of alkyl carbamates (subject to hydrolysis) is 1. The van der Waals surface area contributed by atoms with Crippen LogP contribution in [-0.2, 0) is 25.0 Å². The first kappa shape index (κ1) is 14.1. The Bertz CT molecular complexity index is 478. The average Bonchev–Trinajstić information content (AvgIpc) is 2.82. The van der Waals surface area contributed by atoms with E-state index in [1.54, 1.807) is 0 Å². The molecule has 1 amide bonds. The summed E-state index contributed by atoms with van der Waals surface area (Å²) in [5.74, 6) is 0. The van der Waals surface area contributed by atoms with Gasteiger partial charge in [0.25, 0.3) is 0 Å². The number of benzene rings is 1. The molecule has 104 valence electrons. The average molecular weight is 285 g/mol. The molecular weight excluding hydrogens is 269 g/mol. The Morgan fingerprint density at radius 2 is 2.11 bits per heavy atom. The zero-order valence-electron chi connectivity index (χ0n) is 10.6. The largest absolute Gasteiger partial charge is 0.442 e. The van der Waals surface area contributed by atoms with Gasteiger partial charge in [0.05, 0.1) is 19.8 Å². The molecule has 1 aromatic carbocycles. The Morgan fingerprint density at radius 3 is 2.74 bits per heavy atom. The maximum atomic E-state index is 12.0. The van der Waals surface area contributed by atoms with Gasteiger partial charge >= 0.3 is 13.7 Å². The lowest BCUT2D eigenvalue weighted by Gasteiger charge is -2.16. The molecule has 0 radical (unpaired) electrons. The molecule has 1 saturated heterocycles. The topological polar surface area (TPSA) is 73.9 Å². The fraction of sp³-hybridized carbons (Fsp3) is 0.417. The normalized spacial score (nSPS) is 21.5. The van der Waals surface area contributed by atoms with Crippen LogP contribution in [0.3, 0.4) is 0 Å². The van der Waals surface area contributed by atoms with Crippen molar-refractivity contribution in [2.24, 2.45) is 0 Å². The molecule has 1 heterocycles. The predicted molar refractivity (Wildman–Crippen MR) is 69.0 cm³/mol. The molecule has 1 aromatic rings. The van der Waals surface area contributed by atoms with Crippen molar-refractivity contribution in [1.29, 1.82) is 0 Å². The van der Waals surface area contributed by atoms with E-state index < -0.39 is 19.8 Å². The first-order chi connectivity index (χ1) is 9.05. The number of hydrogen-bond donors (Lipinski definition) is 1. The summed E-state index contributed by atoms with van der Waals surface area (Å²) < 4.78 is 27.4. The second kappa shape index (κ2) is 6.19. The molecule has 6 nitrogen and oxygen atoms in total. The standard InChI is InChI=1S/C12H16NO5P/c1-19(15,16-8-10-5-3-2-4-6-10)17-9-11-7-13-12(14)18-11/h2-6,11H,7-9H2,1H3,(H,13,14)/t11-,19?/m1/s1. The molecule has 0 saturated carbocycles. The first-order valence-electron chi connectivity index (χ1n) is 5.90. The lowest BCUT2D eigenvalue weighted by molar-refractivity contribution is 0.0936. The first-order valence-corrected chi connectivity index (χ1v) is 7.89. The molecule has 1 aliphatic heterocycles. The maximum Gasteiger partial charge on any atom is 0.407 e. The summed E-state index contributed by atoms with van der Waals surface area (Å²) in [5.41, 5.74) is 0.919. The van der Waals surface area contributed by atoms with E-state index in [-0.39, 0.29) is 13.2 Å². The zero-order chi connectivity index (χ0) is 13.7. The van der Waals surface area contributed by atoms with E-state index >= 15 is 0 Å². The number of nitrogens with one attached hydrogen (secondary N) is 1. The number of rotatable bonds is 6. The summed E-state index contributed by atoms with van der Waals surface area (Å²) >= 11 is 0. The van der Waals surface area contributed by atoms with E-state index in [0.717, 1.165) is 5.56 Å². The highest BCUT2D eigenvalue weighted by Crippen LogP contribution is 2.44. The highest BCUT2D eigenvalue weighted by atomic mass is 31.2. The molecular formula is C12H16NO5P. The van der Waals surface area contributed by atoms with Gasteiger partial charge in [-0.25, -0.2) is 4.79 Å². The zero-order valence-corrected chi connectivity index (χ0v) is 11.5. The molecule has 7 heteroatoms. The molecule has 0 aliphatic carbocycles. The van der Waals surface area contributed by atoms with E-state index in [9.17, 15) is 9.36 Å². The minimum atomic E-state index is -3.15. The van der Waals surface area contributed by atoms with Crippen LogP contribution in [0.15, 0.2) is 30.3 Å². The van der Waals surface area contributed by atoms with Crippen LogP contribution in [0.2, 0.25) is 0 Å². The number of hydrogen-bond acceptors (Lipinski definition) is 5. The van der Waals surface area contributed by atoms with Crippen LogP contribution >= 0.6 is 7.60 Å². The van der Waals surface area contributed by atoms with Crippen molar-refractivity contribution in [2.75, 3.05) is 19.8 Å². The van der Waals surface area contributed by atoms with Crippen LogP contribution in [0.25, 0.3) is 0 Å². The van der Waals surface area contributed by atoms with Gasteiger partial charge < -0.3 is 19.1 Å². The van der Waals surface area contributed by atoms with Gasteiger partial charge in [0.2, 0.25) is 0 Å². The van der Waals surface area contributed by atoms with E-state index in [1.165, 1.54) is 6.66 Å². The van der Waals surface area contributed by atoms with Crippen molar-refractivity contribution >= 4 is 13.7 Å². The van der Waals surface area contributed by atoms with Crippen molar-refractivity contribution < 1.29 is 23.1 Å². The third kappa shape index (κ3) is 4.67. The van der Waals surface area contributed by atoms with Gasteiger partial charge in [-0.15, -0.1) is 0 Å². The van der Waals surface area contributed by atoms with Gasteiger partial charge in [0, 0.05) is 6.66 Å². The van der Waals surface area contributed by atoms with Crippen molar-refractivity contribution in [3.63, 3.8) is 0 Å². The second-order valence-electron chi connectivity index (χ2n) is 4.23. The van der Waals surface area contributed by atoms with E-state index in [0.29, 0.717) is 6.54 Å². The Hall–Kier alpha value is -1.36. The van der Waals surface area contributed by atoms with Crippen LogP contribution < -0.4 is 5.32 Å². The minimum Gasteiger partial charge on any atom is -0.442 e. The van der Waals surface area contributed by atoms with Gasteiger partial charge in [-0.2, -0.15) is 0 Å². The third-order valence-electron chi connectivity index (χ3n) is 2.55. The van der Waals surface area contributed by atoms with Crippen LogP contribution in [0.4, 0.5) is 4.79 Å². The quantitative estimate of drug-likeness (QED) is 0.811. The fourth-order valence-electron chi connectivity index (χ4n) is 1.55.